The number of hydrogen-bond donors (Lipinski definition) is 0. The van der Waals surface area contributed by atoms with Gasteiger partial charge in [0, 0.05) is 18.8 Å². The normalized spacial score (nSPS) is 19.7. The summed E-state index contributed by atoms with van der Waals surface area (Å²) in [6, 6.07) is 4.14. The lowest BCUT2D eigenvalue weighted by atomic mass is 9.96. The van der Waals surface area contributed by atoms with Crippen molar-refractivity contribution in [2.45, 2.75) is 51.0 Å². The summed E-state index contributed by atoms with van der Waals surface area (Å²) < 4.78 is 7.02. The summed E-state index contributed by atoms with van der Waals surface area (Å²) in [5.41, 5.74) is 2.03. The Morgan fingerprint density at radius 3 is 2.64 bits per heavy atom. The molecule has 25 heavy (non-hydrogen) atoms. The number of piperidine rings is 1. The van der Waals surface area contributed by atoms with E-state index in [1.54, 1.807) is 0 Å². The molecule has 130 valence electrons. The van der Waals surface area contributed by atoms with Crippen molar-refractivity contribution in [3.63, 3.8) is 0 Å². The third-order valence-electron chi connectivity index (χ3n) is 5.19. The molecular weight excluding hydrogens is 318 g/mol. The number of hydrogen-bond acceptors (Lipinski definition) is 7. The number of rotatable bonds is 4. The molecule has 0 radical (unpaired) electrons. The molecule has 1 aliphatic carbocycles. The van der Waals surface area contributed by atoms with Crippen LogP contribution in [0.15, 0.2) is 16.7 Å². The van der Waals surface area contributed by atoms with E-state index in [1.165, 1.54) is 18.5 Å². The first-order chi connectivity index (χ1) is 12.3. The van der Waals surface area contributed by atoms with Crippen LogP contribution in [0.5, 0.6) is 0 Å². The Hall–Kier alpha value is -2.35. The molecule has 3 aromatic heterocycles. The van der Waals surface area contributed by atoms with E-state index in [4.69, 9.17) is 9.62 Å². The van der Waals surface area contributed by atoms with Crippen molar-refractivity contribution < 1.29 is 4.52 Å². The van der Waals surface area contributed by atoms with E-state index in [9.17, 15) is 0 Å². The van der Waals surface area contributed by atoms with Crippen molar-refractivity contribution in [1.82, 2.24) is 34.9 Å². The summed E-state index contributed by atoms with van der Waals surface area (Å²) in [5, 5.41) is 17.5. The first-order valence-corrected chi connectivity index (χ1v) is 9.00. The fourth-order valence-electron chi connectivity index (χ4n) is 3.63. The largest absolute Gasteiger partial charge is 0.340 e. The van der Waals surface area contributed by atoms with E-state index < -0.39 is 0 Å². The second-order valence-electron chi connectivity index (χ2n) is 7.14. The Morgan fingerprint density at radius 1 is 1.08 bits per heavy atom. The quantitative estimate of drug-likeness (QED) is 0.719. The highest BCUT2D eigenvalue weighted by Crippen LogP contribution is 2.39. The average Bonchev–Trinajstić information content (AvgIpc) is 3.28. The van der Waals surface area contributed by atoms with Gasteiger partial charge in [0.05, 0.1) is 12.2 Å². The smallest absolute Gasteiger partial charge is 0.223 e. The van der Waals surface area contributed by atoms with Gasteiger partial charge >= 0.3 is 0 Å². The van der Waals surface area contributed by atoms with Gasteiger partial charge in [0.15, 0.2) is 17.3 Å². The topological polar surface area (TPSA) is 85.2 Å². The van der Waals surface area contributed by atoms with Crippen LogP contribution in [-0.2, 0) is 6.54 Å². The molecule has 5 rings (SSSR count). The summed E-state index contributed by atoms with van der Waals surface area (Å²) in [6.07, 6.45) is 4.60. The molecule has 0 unspecified atom stereocenters. The number of likely N-dealkylation sites (tertiary alicyclic amines) is 1. The highest BCUT2D eigenvalue weighted by Gasteiger charge is 2.28. The third-order valence-corrected chi connectivity index (χ3v) is 5.19. The minimum atomic E-state index is 0.403. The second-order valence-corrected chi connectivity index (χ2v) is 7.14. The van der Waals surface area contributed by atoms with Gasteiger partial charge in [-0.1, -0.05) is 5.16 Å². The van der Waals surface area contributed by atoms with Crippen LogP contribution in [0.2, 0.25) is 0 Å². The van der Waals surface area contributed by atoms with Crippen LogP contribution in [0.1, 0.15) is 60.8 Å². The maximum atomic E-state index is 5.05. The average molecular weight is 339 g/mol. The standard InChI is InChI=1S/C17H21N7O/c1-11-18-15(22-25-11)10-23-8-6-13(7-9-23)17-20-19-16-5-4-14(12-2-3-12)21-24(16)17/h4-5,12-13H,2-3,6-10H2,1H3. The predicted octanol–water partition coefficient (Wildman–Crippen LogP) is 2.07. The van der Waals surface area contributed by atoms with Crippen molar-refractivity contribution in [3.8, 4) is 0 Å². The summed E-state index contributed by atoms with van der Waals surface area (Å²) in [6.45, 7) is 4.56. The van der Waals surface area contributed by atoms with Crippen molar-refractivity contribution in [3.05, 3.63) is 35.4 Å². The Balaban J connectivity index is 1.30. The molecular formula is C17H21N7O. The SMILES string of the molecule is Cc1nc(CN2CCC(c3nnc4ccc(C5CC5)nn34)CC2)no1. The lowest BCUT2D eigenvalue weighted by Crippen LogP contribution is -2.33. The summed E-state index contributed by atoms with van der Waals surface area (Å²) in [7, 11) is 0. The Bertz CT molecular complexity index is 889. The zero-order valence-corrected chi connectivity index (χ0v) is 14.3. The summed E-state index contributed by atoms with van der Waals surface area (Å²) in [4.78, 5) is 6.66. The molecule has 8 nitrogen and oxygen atoms in total. The maximum Gasteiger partial charge on any atom is 0.223 e. The molecule has 1 saturated heterocycles. The van der Waals surface area contributed by atoms with Gasteiger partial charge in [0.1, 0.15) is 0 Å². The predicted molar refractivity (Wildman–Crippen MR) is 89.0 cm³/mol. The van der Waals surface area contributed by atoms with E-state index in [-0.39, 0.29) is 0 Å². The van der Waals surface area contributed by atoms with Crippen molar-refractivity contribution in [1.29, 1.82) is 0 Å². The molecule has 2 aliphatic rings. The lowest BCUT2D eigenvalue weighted by molar-refractivity contribution is 0.194. The molecule has 4 heterocycles. The Labute approximate surface area is 145 Å². The molecule has 2 fully saturated rings. The van der Waals surface area contributed by atoms with Crippen LogP contribution >= 0.6 is 0 Å². The van der Waals surface area contributed by atoms with Crippen molar-refractivity contribution in [2.24, 2.45) is 0 Å². The van der Waals surface area contributed by atoms with Crippen LogP contribution in [0, 0.1) is 6.92 Å². The van der Waals surface area contributed by atoms with E-state index in [1.807, 2.05) is 17.5 Å². The summed E-state index contributed by atoms with van der Waals surface area (Å²) >= 11 is 0. The van der Waals surface area contributed by atoms with Crippen LogP contribution in [0.4, 0.5) is 0 Å². The minimum Gasteiger partial charge on any atom is -0.340 e. The minimum absolute atomic E-state index is 0.403. The molecule has 8 heteroatoms. The van der Waals surface area contributed by atoms with Crippen LogP contribution in [0.25, 0.3) is 5.65 Å². The number of aromatic nitrogens is 6. The first-order valence-electron chi connectivity index (χ1n) is 9.00. The van der Waals surface area contributed by atoms with Gasteiger partial charge in [-0.15, -0.1) is 10.2 Å². The van der Waals surface area contributed by atoms with E-state index in [0.717, 1.165) is 49.8 Å². The molecule has 1 aliphatic heterocycles. The molecule has 1 saturated carbocycles. The monoisotopic (exact) mass is 339 g/mol. The van der Waals surface area contributed by atoms with Gasteiger partial charge in [0.25, 0.3) is 0 Å². The van der Waals surface area contributed by atoms with Gasteiger partial charge in [-0.05, 0) is 50.9 Å². The molecule has 3 aromatic rings. The van der Waals surface area contributed by atoms with Crippen molar-refractivity contribution >= 4 is 5.65 Å². The highest BCUT2D eigenvalue weighted by molar-refractivity contribution is 5.38. The fourth-order valence-corrected chi connectivity index (χ4v) is 3.63. The van der Waals surface area contributed by atoms with E-state index >= 15 is 0 Å². The van der Waals surface area contributed by atoms with Gasteiger partial charge in [-0.25, -0.2) is 0 Å². The first kappa shape index (κ1) is 14.9. The Kier molecular flexibility index (Phi) is 3.51. The van der Waals surface area contributed by atoms with Crippen LogP contribution in [-0.4, -0.2) is 47.9 Å². The van der Waals surface area contributed by atoms with E-state index in [2.05, 4.69) is 31.3 Å². The molecule has 0 atom stereocenters. The Morgan fingerprint density at radius 2 is 1.92 bits per heavy atom. The second kappa shape index (κ2) is 5.87. The molecule has 0 spiro atoms. The lowest BCUT2D eigenvalue weighted by Gasteiger charge is -2.29. The van der Waals surface area contributed by atoms with Gasteiger partial charge in [-0.2, -0.15) is 14.6 Å². The number of aryl methyl sites for hydroxylation is 1. The number of nitrogens with zero attached hydrogens (tertiary/aromatic N) is 7. The zero-order valence-electron chi connectivity index (χ0n) is 14.3. The van der Waals surface area contributed by atoms with Crippen LogP contribution < -0.4 is 0 Å². The molecule has 0 bridgehead atoms. The molecule has 0 aromatic carbocycles. The molecule has 0 N–H and O–H groups in total. The number of fused-ring (bicyclic) bond motifs is 1. The molecule has 0 amide bonds. The van der Waals surface area contributed by atoms with E-state index in [0.29, 0.717) is 17.7 Å². The van der Waals surface area contributed by atoms with Gasteiger partial charge < -0.3 is 4.52 Å². The highest BCUT2D eigenvalue weighted by atomic mass is 16.5. The third kappa shape index (κ3) is 2.90. The maximum absolute atomic E-state index is 5.05. The van der Waals surface area contributed by atoms with Crippen molar-refractivity contribution in [2.75, 3.05) is 13.1 Å². The zero-order chi connectivity index (χ0) is 16.8. The van der Waals surface area contributed by atoms with Gasteiger partial charge in [0.2, 0.25) is 5.89 Å². The summed E-state index contributed by atoms with van der Waals surface area (Å²) in [5.74, 6) is 3.43. The fraction of sp³-hybridized carbons (Fsp3) is 0.588. The van der Waals surface area contributed by atoms with Gasteiger partial charge in [-0.3, -0.25) is 4.90 Å². The van der Waals surface area contributed by atoms with Crippen LogP contribution in [0.3, 0.4) is 0 Å².